The number of hydrogen-bond donors (Lipinski definition) is 2. The van der Waals surface area contributed by atoms with E-state index >= 15 is 0 Å². The normalized spacial score (nSPS) is 13.0. The number of nitrogens with one attached hydrogen (secondary N) is 1. The first kappa shape index (κ1) is 11.1. The van der Waals surface area contributed by atoms with Gasteiger partial charge >= 0.3 is 0 Å². The van der Waals surface area contributed by atoms with Crippen molar-refractivity contribution in [2.24, 2.45) is 5.73 Å². The molecule has 4 nitrogen and oxygen atoms in total. The molecule has 0 aliphatic carbocycles. The highest BCUT2D eigenvalue weighted by Gasteiger charge is 2.12. The van der Waals surface area contributed by atoms with Crippen LogP contribution in [0.5, 0.6) is 11.5 Å². The van der Waals surface area contributed by atoms with Crippen LogP contribution in [0.2, 0.25) is 0 Å². The van der Waals surface area contributed by atoms with E-state index in [1.165, 1.54) is 0 Å². The summed E-state index contributed by atoms with van der Waals surface area (Å²) in [5, 5.41) is 2.92. The van der Waals surface area contributed by atoms with Gasteiger partial charge in [0, 0.05) is 11.8 Å². The Hall–Kier alpha value is -1.40. The molecule has 1 aromatic rings. The van der Waals surface area contributed by atoms with Gasteiger partial charge in [0.2, 0.25) is 0 Å². The second-order valence-electron chi connectivity index (χ2n) is 3.18. The van der Waals surface area contributed by atoms with Crippen molar-refractivity contribution in [3.63, 3.8) is 0 Å². The fourth-order valence-electron chi connectivity index (χ4n) is 1.31. The quantitative estimate of drug-likeness (QED) is 0.740. The Morgan fingerprint density at radius 2 is 1.88 bits per heavy atom. The van der Waals surface area contributed by atoms with Crippen molar-refractivity contribution in [2.45, 2.75) is 0 Å². The average molecular weight is 254 g/mol. The van der Waals surface area contributed by atoms with E-state index in [1.54, 1.807) is 6.07 Å². The van der Waals surface area contributed by atoms with Gasteiger partial charge in [-0.1, -0.05) is 24.4 Å². The molecular weight excluding hydrogens is 244 g/mol. The summed E-state index contributed by atoms with van der Waals surface area (Å²) < 4.78 is 10.8. The molecule has 84 valence electrons. The molecule has 0 fully saturated rings. The van der Waals surface area contributed by atoms with E-state index in [0.29, 0.717) is 24.0 Å². The standard InChI is InChI=1S/C10H10N2O2S2/c11-9(15)10(16)12-6-1-2-7-8(5-6)14-4-3-13-7/h1-2,5H,3-4H2,(H2,11,15)(H,12,16). The molecule has 1 aromatic carbocycles. The van der Waals surface area contributed by atoms with E-state index < -0.39 is 0 Å². The molecule has 2 rings (SSSR count). The van der Waals surface area contributed by atoms with E-state index in [-0.39, 0.29) is 4.99 Å². The molecule has 0 saturated heterocycles. The Labute approximate surface area is 104 Å². The summed E-state index contributed by atoms with van der Waals surface area (Å²) in [6.45, 7) is 1.13. The van der Waals surface area contributed by atoms with Crippen LogP contribution in [0.25, 0.3) is 0 Å². The number of rotatable bonds is 1. The van der Waals surface area contributed by atoms with E-state index in [0.717, 1.165) is 11.4 Å². The van der Waals surface area contributed by atoms with Gasteiger partial charge < -0.3 is 20.5 Å². The van der Waals surface area contributed by atoms with Crippen molar-refractivity contribution in [1.82, 2.24) is 0 Å². The van der Waals surface area contributed by atoms with Crippen LogP contribution in [0, 0.1) is 0 Å². The second-order valence-corrected chi connectivity index (χ2v) is 4.02. The number of benzene rings is 1. The largest absolute Gasteiger partial charge is 0.486 e. The van der Waals surface area contributed by atoms with Crippen LogP contribution in [-0.2, 0) is 0 Å². The third-order valence-corrected chi connectivity index (χ3v) is 2.68. The van der Waals surface area contributed by atoms with Gasteiger partial charge in [-0.3, -0.25) is 0 Å². The Morgan fingerprint density at radius 1 is 1.19 bits per heavy atom. The molecule has 0 saturated carbocycles. The molecule has 6 heteroatoms. The highest BCUT2D eigenvalue weighted by atomic mass is 32.1. The zero-order chi connectivity index (χ0) is 11.5. The predicted octanol–water partition coefficient (Wildman–Crippen LogP) is 1.48. The van der Waals surface area contributed by atoms with Crippen LogP contribution < -0.4 is 20.5 Å². The summed E-state index contributed by atoms with van der Waals surface area (Å²) >= 11 is 9.72. The molecule has 0 amide bonds. The van der Waals surface area contributed by atoms with Crippen molar-refractivity contribution in [3.05, 3.63) is 18.2 Å². The first-order valence-corrected chi connectivity index (χ1v) is 5.49. The highest BCUT2D eigenvalue weighted by molar-refractivity contribution is 7.89. The monoisotopic (exact) mass is 254 g/mol. The second kappa shape index (κ2) is 4.63. The van der Waals surface area contributed by atoms with Crippen LogP contribution in [-0.4, -0.2) is 23.2 Å². The van der Waals surface area contributed by atoms with Gasteiger partial charge in [-0.25, -0.2) is 0 Å². The van der Waals surface area contributed by atoms with E-state index in [2.05, 4.69) is 5.32 Å². The zero-order valence-corrected chi connectivity index (χ0v) is 9.99. The lowest BCUT2D eigenvalue weighted by Crippen LogP contribution is -2.26. The van der Waals surface area contributed by atoms with Gasteiger partial charge in [-0.15, -0.1) is 0 Å². The zero-order valence-electron chi connectivity index (χ0n) is 8.36. The molecule has 0 radical (unpaired) electrons. The minimum Gasteiger partial charge on any atom is -0.486 e. The molecule has 0 aromatic heterocycles. The molecule has 0 unspecified atom stereocenters. The third-order valence-electron chi connectivity index (χ3n) is 2.02. The number of anilines is 1. The maximum atomic E-state index is 5.43. The van der Waals surface area contributed by atoms with Gasteiger partial charge in [0.15, 0.2) is 11.5 Å². The molecule has 1 aliphatic heterocycles. The van der Waals surface area contributed by atoms with E-state index in [4.69, 9.17) is 39.6 Å². The summed E-state index contributed by atoms with van der Waals surface area (Å²) in [7, 11) is 0. The molecule has 0 spiro atoms. The summed E-state index contributed by atoms with van der Waals surface area (Å²) in [4.78, 5) is 0.511. The number of ether oxygens (including phenoxy) is 2. The Kier molecular flexibility index (Phi) is 3.21. The van der Waals surface area contributed by atoms with Crippen molar-refractivity contribution in [2.75, 3.05) is 18.5 Å². The van der Waals surface area contributed by atoms with Crippen LogP contribution in [0.3, 0.4) is 0 Å². The maximum absolute atomic E-state index is 5.43. The Bertz CT molecular complexity index is 448. The average Bonchev–Trinajstić information content (AvgIpc) is 2.28. The highest BCUT2D eigenvalue weighted by Crippen LogP contribution is 2.32. The van der Waals surface area contributed by atoms with E-state index in [1.807, 2.05) is 12.1 Å². The number of nitrogens with two attached hydrogens (primary N) is 1. The van der Waals surface area contributed by atoms with Crippen LogP contribution in [0.1, 0.15) is 0 Å². The summed E-state index contributed by atoms with van der Waals surface area (Å²) in [5.74, 6) is 1.43. The minimum atomic E-state index is 0.171. The SMILES string of the molecule is NC(=S)C(=S)Nc1ccc2c(c1)OCCO2. The molecule has 3 N–H and O–H groups in total. The predicted molar refractivity (Wildman–Crippen MR) is 70.4 cm³/mol. The smallest absolute Gasteiger partial charge is 0.163 e. The molecule has 1 heterocycles. The molecule has 1 aliphatic rings. The van der Waals surface area contributed by atoms with Gasteiger partial charge in [0.25, 0.3) is 0 Å². The lowest BCUT2D eigenvalue weighted by molar-refractivity contribution is 0.171. The topological polar surface area (TPSA) is 56.5 Å². The van der Waals surface area contributed by atoms with Crippen molar-refractivity contribution in [3.8, 4) is 11.5 Å². The molecule has 16 heavy (non-hydrogen) atoms. The summed E-state index contributed by atoms with van der Waals surface area (Å²) in [6.07, 6.45) is 0. The number of hydrogen-bond acceptors (Lipinski definition) is 4. The van der Waals surface area contributed by atoms with Gasteiger partial charge in [-0.05, 0) is 12.1 Å². The Morgan fingerprint density at radius 3 is 2.56 bits per heavy atom. The van der Waals surface area contributed by atoms with Crippen molar-refractivity contribution < 1.29 is 9.47 Å². The van der Waals surface area contributed by atoms with E-state index in [9.17, 15) is 0 Å². The lowest BCUT2D eigenvalue weighted by atomic mass is 10.2. The van der Waals surface area contributed by atoms with Crippen LogP contribution in [0.15, 0.2) is 18.2 Å². The van der Waals surface area contributed by atoms with Crippen molar-refractivity contribution in [1.29, 1.82) is 0 Å². The van der Waals surface area contributed by atoms with Gasteiger partial charge in [-0.2, -0.15) is 0 Å². The van der Waals surface area contributed by atoms with Crippen LogP contribution >= 0.6 is 24.4 Å². The Balaban J connectivity index is 2.17. The number of fused-ring (bicyclic) bond motifs is 1. The van der Waals surface area contributed by atoms with Gasteiger partial charge in [0.1, 0.15) is 23.2 Å². The lowest BCUT2D eigenvalue weighted by Gasteiger charge is -2.19. The first-order valence-electron chi connectivity index (χ1n) is 4.67. The fraction of sp³-hybridized carbons (Fsp3) is 0.200. The number of thiocarbonyl (C=S) groups is 2. The van der Waals surface area contributed by atoms with Gasteiger partial charge in [0.05, 0.1) is 0 Å². The minimum absolute atomic E-state index is 0.171. The summed E-state index contributed by atoms with van der Waals surface area (Å²) in [5.41, 5.74) is 6.17. The molecule has 0 atom stereocenters. The molecule has 0 bridgehead atoms. The first-order chi connectivity index (χ1) is 7.66. The maximum Gasteiger partial charge on any atom is 0.163 e. The van der Waals surface area contributed by atoms with Crippen molar-refractivity contribution >= 4 is 40.1 Å². The fourth-order valence-corrected chi connectivity index (χ4v) is 1.48. The summed E-state index contributed by atoms with van der Waals surface area (Å²) in [6, 6.07) is 5.45. The molecular formula is C10H10N2O2S2. The van der Waals surface area contributed by atoms with Crippen LogP contribution in [0.4, 0.5) is 5.69 Å². The third kappa shape index (κ3) is 2.40.